The Labute approximate surface area is 137 Å². The van der Waals surface area contributed by atoms with E-state index in [1.807, 2.05) is 0 Å². The molecule has 0 aromatic heterocycles. The molecule has 2 nitrogen and oxygen atoms in total. The normalized spacial score (nSPS) is 18.3. The summed E-state index contributed by atoms with van der Waals surface area (Å²) >= 11 is 0. The van der Waals surface area contributed by atoms with E-state index in [9.17, 15) is 0 Å². The summed E-state index contributed by atoms with van der Waals surface area (Å²) in [5.74, 6) is 0.950. The van der Waals surface area contributed by atoms with Crippen LogP contribution in [-0.2, 0) is 6.42 Å². The number of ether oxygens (including phenoxy) is 1. The number of aryl methyl sites for hydroxylation is 1. The van der Waals surface area contributed by atoms with E-state index in [1.165, 1.54) is 16.7 Å². The summed E-state index contributed by atoms with van der Waals surface area (Å²) in [6.07, 6.45) is 1.21. The lowest BCUT2D eigenvalue weighted by atomic mass is 10.0. The number of fused-ring (bicyclic) bond motifs is 1. The summed E-state index contributed by atoms with van der Waals surface area (Å²) < 4.78 is 6.25. The van der Waals surface area contributed by atoms with Gasteiger partial charge in [-0.25, -0.2) is 0 Å². The Morgan fingerprint density at radius 3 is 2.52 bits per heavy atom. The van der Waals surface area contributed by atoms with Crippen LogP contribution >= 0.6 is 17.0 Å². The molecule has 3 heteroatoms. The first-order valence-electron chi connectivity index (χ1n) is 7.22. The molecule has 1 aliphatic heterocycles. The molecule has 0 fully saturated rings. The van der Waals surface area contributed by atoms with Crippen molar-refractivity contribution in [2.75, 3.05) is 20.1 Å². The molecule has 1 heterocycles. The van der Waals surface area contributed by atoms with Gasteiger partial charge in [-0.1, -0.05) is 42.0 Å². The number of hydrogen-bond acceptors (Lipinski definition) is 2. The third kappa shape index (κ3) is 3.86. The number of likely N-dealkylation sites (N-methyl/N-ethyl adjacent to an activating group) is 1. The molecule has 0 aliphatic carbocycles. The van der Waals surface area contributed by atoms with Crippen LogP contribution in [0.1, 0.15) is 22.8 Å². The van der Waals surface area contributed by atoms with Gasteiger partial charge in [-0.2, -0.15) is 0 Å². The lowest BCUT2D eigenvalue weighted by Crippen LogP contribution is -2.26. The maximum absolute atomic E-state index is 6.25. The van der Waals surface area contributed by atoms with E-state index < -0.39 is 0 Å². The van der Waals surface area contributed by atoms with Gasteiger partial charge in [-0.15, -0.1) is 17.0 Å². The second kappa shape index (κ2) is 7.10. The molecule has 0 N–H and O–H groups in total. The third-order valence-electron chi connectivity index (χ3n) is 3.94. The highest BCUT2D eigenvalue weighted by Gasteiger charge is 2.22. The standard InChI is InChI=1S/C18H21NO.BrH/c1-14-7-9-16(10-8-14)20-18-13-19(2)12-11-15-5-3-4-6-17(15)18;/h3-10,18H,11-13H2,1-2H3;1H. The van der Waals surface area contributed by atoms with Crippen LogP contribution in [0.3, 0.4) is 0 Å². The molecule has 112 valence electrons. The van der Waals surface area contributed by atoms with Crippen LogP contribution in [0.4, 0.5) is 0 Å². The van der Waals surface area contributed by atoms with Crippen LogP contribution in [0, 0.1) is 6.92 Å². The first-order chi connectivity index (χ1) is 9.72. The Hall–Kier alpha value is -1.32. The van der Waals surface area contributed by atoms with Gasteiger partial charge in [0, 0.05) is 13.1 Å². The fourth-order valence-corrected chi connectivity index (χ4v) is 2.74. The maximum atomic E-state index is 6.25. The summed E-state index contributed by atoms with van der Waals surface area (Å²) in [5.41, 5.74) is 4.00. The minimum atomic E-state index is 0. The Bertz CT molecular complexity index is 582. The summed E-state index contributed by atoms with van der Waals surface area (Å²) in [6.45, 7) is 4.12. The molecule has 0 amide bonds. The van der Waals surface area contributed by atoms with Crippen LogP contribution in [0.5, 0.6) is 5.75 Å². The molecule has 21 heavy (non-hydrogen) atoms. The molecule has 0 spiro atoms. The molecule has 0 bridgehead atoms. The number of hydrogen-bond donors (Lipinski definition) is 0. The Kier molecular flexibility index (Phi) is 5.43. The van der Waals surface area contributed by atoms with Gasteiger partial charge in [-0.05, 0) is 43.7 Å². The minimum Gasteiger partial charge on any atom is -0.484 e. The molecule has 0 radical (unpaired) electrons. The average Bonchev–Trinajstić information content (AvgIpc) is 2.62. The SMILES string of the molecule is Br.Cc1ccc(OC2CN(C)CCc3ccccc32)cc1. The molecular formula is C18H22BrNO. The molecule has 0 saturated carbocycles. The molecule has 3 rings (SSSR count). The highest BCUT2D eigenvalue weighted by molar-refractivity contribution is 8.93. The van der Waals surface area contributed by atoms with E-state index in [0.29, 0.717) is 0 Å². The average molecular weight is 348 g/mol. The zero-order valence-electron chi connectivity index (χ0n) is 12.6. The first-order valence-corrected chi connectivity index (χ1v) is 7.22. The summed E-state index contributed by atoms with van der Waals surface area (Å²) in [7, 11) is 2.16. The highest BCUT2D eigenvalue weighted by atomic mass is 79.9. The molecule has 0 saturated heterocycles. The van der Waals surface area contributed by atoms with Crippen molar-refractivity contribution in [3.05, 3.63) is 65.2 Å². The fraction of sp³-hybridized carbons (Fsp3) is 0.333. The van der Waals surface area contributed by atoms with Crippen molar-refractivity contribution in [3.63, 3.8) is 0 Å². The van der Waals surface area contributed by atoms with Crippen molar-refractivity contribution < 1.29 is 4.74 Å². The molecule has 2 aromatic carbocycles. The predicted molar refractivity (Wildman–Crippen MR) is 92.5 cm³/mol. The van der Waals surface area contributed by atoms with Crippen LogP contribution in [-0.4, -0.2) is 25.0 Å². The number of benzene rings is 2. The number of halogens is 1. The Balaban J connectivity index is 0.00000161. The monoisotopic (exact) mass is 347 g/mol. The number of nitrogens with zero attached hydrogens (tertiary/aromatic N) is 1. The zero-order valence-corrected chi connectivity index (χ0v) is 14.3. The summed E-state index contributed by atoms with van der Waals surface area (Å²) in [5, 5.41) is 0. The first kappa shape index (κ1) is 16.1. The van der Waals surface area contributed by atoms with E-state index in [0.717, 1.165) is 25.3 Å². The maximum Gasteiger partial charge on any atom is 0.137 e. The molecular weight excluding hydrogens is 326 g/mol. The van der Waals surface area contributed by atoms with Crippen molar-refractivity contribution in [2.45, 2.75) is 19.4 Å². The van der Waals surface area contributed by atoms with Gasteiger partial charge in [0.1, 0.15) is 11.9 Å². The van der Waals surface area contributed by atoms with Gasteiger partial charge >= 0.3 is 0 Å². The van der Waals surface area contributed by atoms with E-state index in [2.05, 4.69) is 67.4 Å². The fourth-order valence-electron chi connectivity index (χ4n) is 2.74. The van der Waals surface area contributed by atoms with Gasteiger partial charge in [0.25, 0.3) is 0 Å². The largest absolute Gasteiger partial charge is 0.484 e. The van der Waals surface area contributed by atoms with Crippen molar-refractivity contribution >= 4 is 17.0 Å². The van der Waals surface area contributed by atoms with Crippen LogP contribution in [0.2, 0.25) is 0 Å². The highest BCUT2D eigenvalue weighted by Crippen LogP contribution is 2.28. The summed E-state index contributed by atoms with van der Waals surface area (Å²) in [4.78, 5) is 2.35. The quantitative estimate of drug-likeness (QED) is 0.807. The van der Waals surface area contributed by atoms with Gasteiger partial charge < -0.3 is 9.64 Å². The topological polar surface area (TPSA) is 12.5 Å². The van der Waals surface area contributed by atoms with Crippen molar-refractivity contribution in [2.24, 2.45) is 0 Å². The zero-order chi connectivity index (χ0) is 13.9. The van der Waals surface area contributed by atoms with Crippen molar-refractivity contribution in [1.82, 2.24) is 4.90 Å². The van der Waals surface area contributed by atoms with Gasteiger partial charge in [0.15, 0.2) is 0 Å². The van der Waals surface area contributed by atoms with Crippen molar-refractivity contribution in [3.8, 4) is 5.75 Å². The van der Waals surface area contributed by atoms with Gasteiger partial charge in [-0.3, -0.25) is 0 Å². The lowest BCUT2D eigenvalue weighted by Gasteiger charge is -2.23. The van der Waals surface area contributed by atoms with E-state index in [1.54, 1.807) is 0 Å². The van der Waals surface area contributed by atoms with Gasteiger partial charge in [0.2, 0.25) is 0 Å². The van der Waals surface area contributed by atoms with Crippen molar-refractivity contribution in [1.29, 1.82) is 0 Å². The van der Waals surface area contributed by atoms with E-state index in [4.69, 9.17) is 4.74 Å². The Morgan fingerprint density at radius 1 is 1.05 bits per heavy atom. The lowest BCUT2D eigenvalue weighted by molar-refractivity contribution is 0.156. The molecule has 1 atom stereocenters. The van der Waals surface area contributed by atoms with Gasteiger partial charge in [0.05, 0.1) is 0 Å². The minimum absolute atomic E-state index is 0. The predicted octanol–water partition coefficient (Wildman–Crippen LogP) is 4.18. The molecule has 1 unspecified atom stereocenters. The third-order valence-corrected chi connectivity index (χ3v) is 3.94. The Morgan fingerprint density at radius 2 is 1.76 bits per heavy atom. The smallest absolute Gasteiger partial charge is 0.137 e. The summed E-state index contributed by atoms with van der Waals surface area (Å²) in [6, 6.07) is 17.0. The van der Waals surface area contributed by atoms with Crippen LogP contribution < -0.4 is 4.74 Å². The van der Waals surface area contributed by atoms with E-state index >= 15 is 0 Å². The number of rotatable bonds is 2. The van der Waals surface area contributed by atoms with E-state index in [-0.39, 0.29) is 23.1 Å². The molecule has 2 aromatic rings. The second-order valence-corrected chi connectivity index (χ2v) is 5.63. The molecule has 1 aliphatic rings. The second-order valence-electron chi connectivity index (χ2n) is 5.63. The van der Waals surface area contributed by atoms with Crippen LogP contribution in [0.15, 0.2) is 48.5 Å². The van der Waals surface area contributed by atoms with Crippen LogP contribution in [0.25, 0.3) is 0 Å².